The molecule has 3 aromatic rings. The van der Waals surface area contributed by atoms with Crippen molar-refractivity contribution in [3.8, 4) is 11.4 Å². The minimum absolute atomic E-state index is 0.0153. The first kappa shape index (κ1) is 29.2. The van der Waals surface area contributed by atoms with E-state index in [9.17, 15) is 4.79 Å². The fourth-order valence-electron chi connectivity index (χ4n) is 6.13. The van der Waals surface area contributed by atoms with E-state index in [4.69, 9.17) is 9.72 Å². The third-order valence-electron chi connectivity index (χ3n) is 8.61. The molecule has 0 radical (unpaired) electrons. The Labute approximate surface area is 236 Å². The summed E-state index contributed by atoms with van der Waals surface area (Å²) in [6.07, 6.45) is 8.05. The van der Waals surface area contributed by atoms with Gasteiger partial charge in [-0.2, -0.15) is 0 Å². The number of fused-ring (bicyclic) bond motifs is 1. The van der Waals surface area contributed by atoms with Gasteiger partial charge in [0.2, 0.25) is 0 Å². The Kier molecular flexibility index (Phi) is 10.1. The predicted octanol–water partition coefficient (Wildman–Crippen LogP) is 8.67. The Morgan fingerprint density at radius 2 is 1.67 bits per heavy atom. The van der Waals surface area contributed by atoms with Crippen molar-refractivity contribution in [1.29, 1.82) is 0 Å². The number of nitrogens with zero attached hydrogens (tertiary/aromatic N) is 3. The molecule has 1 aliphatic rings. The molecule has 212 valence electrons. The SMILES string of the molecule is CCCCN(CCCC)c1ccc(-c2nc3ccccc3n2[C@H](C)C(=O)O[C@@H]2CC(C)CCC2C(C)C)cc1. The number of aromatic nitrogens is 2. The van der Waals surface area contributed by atoms with Crippen LogP contribution in [0.5, 0.6) is 0 Å². The lowest BCUT2D eigenvalue weighted by atomic mass is 9.75. The highest BCUT2D eigenvalue weighted by molar-refractivity contribution is 5.85. The van der Waals surface area contributed by atoms with Crippen LogP contribution in [0.15, 0.2) is 48.5 Å². The molecule has 2 aromatic carbocycles. The van der Waals surface area contributed by atoms with Gasteiger partial charge in [-0.25, -0.2) is 9.78 Å². The molecule has 4 rings (SSSR count). The van der Waals surface area contributed by atoms with Gasteiger partial charge in [-0.05, 0) is 86.8 Å². The van der Waals surface area contributed by atoms with E-state index in [-0.39, 0.29) is 12.1 Å². The number of para-hydroxylation sites is 2. The van der Waals surface area contributed by atoms with E-state index in [2.05, 4.69) is 74.4 Å². The highest BCUT2D eigenvalue weighted by Crippen LogP contribution is 2.37. The number of carbonyl (C=O) groups excluding carboxylic acids is 1. The van der Waals surface area contributed by atoms with Crippen molar-refractivity contribution in [3.63, 3.8) is 0 Å². The largest absolute Gasteiger partial charge is 0.461 e. The molecular weight excluding hydrogens is 482 g/mol. The summed E-state index contributed by atoms with van der Waals surface area (Å²) >= 11 is 0. The number of carbonyl (C=O) groups is 1. The Morgan fingerprint density at radius 3 is 2.31 bits per heavy atom. The molecule has 0 N–H and O–H groups in total. The third kappa shape index (κ3) is 6.85. The summed E-state index contributed by atoms with van der Waals surface area (Å²) in [5.74, 6) is 2.17. The number of anilines is 1. The number of esters is 1. The quantitative estimate of drug-likeness (QED) is 0.219. The maximum absolute atomic E-state index is 13.7. The van der Waals surface area contributed by atoms with E-state index in [1.165, 1.54) is 37.8 Å². The summed E-state index contributed by atoms with van der Waals surface area (Å²) in [6.45, 7) is 15.4. The first-order valence-corrected chi connectivity index (χ1v) is 15.4. The molecule has 1 fully saturated rings. The normalized spacial score (nSPS) is 20.3. The maximum Gasteiger partial charge on any atom is 0.329 e. The average molecular weight is 532 g/mol. The van der Waals surface area contributed by atoms with E-state index >= 15 is 0 Å². The zero-order chi connectivity index (χ0) is 27.9. The molecule has 4 atom stereocenters. The molecule has 5 heteroatoms. The number of hydrogen-bond donors (Lipinski definition) is 0. The van der Waals surface area contributed by atoms with E-state index in [0.29, 0.717) is 17.8 Å². The van der Waals surface area contributed by atoms with Crippen LogP contribution in [0, 0.1) is 17.8 Å². The summed E-state index contributed by atoms with van der Waals surface area (Å²) in [5, 5.41) is 0. The van der Waals surface area contributed by atoms with Crippen molar-refractivity contribution in [2.75, 3.05) is 18.0 Å². The monoisotopic (exact) mass is 531 g/mol. The van der Waals surface area contributed by atoms with Gasteiger partial charge in [0.15, 0.2) is 0 Å². The molecule has 39 heavy (non-hydrogen) atoms. The number of ether oxygens (including phenoxy) is 1. The molecular formula is C34H49N3O2. The molecule has 0 aliphatic heterocycles. The fourth-order valence-corrected chi connectivity index (χ4v) is 6.13. The summed E-state index contributed by atoms with van der Waals surface area (Å²) < 4.78 is 8.37. The van der Waals surface area contributed by atoms with E-state index in [0.717, 1.165) is 48.4 Å². The first-order valence-electron chi connectivity index (χ1n) is 15.4. The van der Waals surface area contributed by atoms with Gasteiger partial charge in [-0.1, -0.05) is 66.0 Å². The van der Waals surface area contributed by atoms with Gasteiger partial charge in [0.05, 0.1) is 11.0 Å². The van der Waals surface area contributed by atoms with Crippen molar-refractivity contribution in [3.05, 3.63) is 48.5 Å². The van der Waals surface area contributed by atoms with Crippen LogP contribution in [-0.2, 0) is 9.53 Å². The third-order valence-corrected chi connectivity index (χ3v) is 8.61. The van der Waals surface area contributed by atoms with Gasteiger partial charge in [-0.3, -0.25) is 0 Å². The molecule has 0 bridgehead atoms. The van der Waals surface area contributed by atoms with Gasteiger partial charge in [0.1, 0.15) is 18.0 Å². The van der Waals surface area contributed by atoms with Crippen LogP contribution in [0.2, 0.25) is 0 Å². The standard InChI is InChI=1S/C34H49N3O2/c1-7-9-21-36(22-10-8-2)28-18-16-27(17-19-28)33-35-30-13-11-12-14-31(30)37(33)26(6)34(38)39-32-23-25(5)15-20-29(32)24(3)4/h11-14,16-19,24-26,29,32H,7-10,15,20-23H2,1-6H3/t25?,26-,29?,32-/m1/s1. The summed E-state index contributed by atoms with van der Waals surface area (Å²) in [7, 11) is 0. The van der Waals surface area contributed by atoms with Crippen LogP contribution >= 0.6 is 0 Å². The second-order valence-corrected chi connectivity index (χ2v) is 12.0. The van der Waals surface area contributed by atoms with Crippen LogP contribution in [0.1, 0.15) is 92.5 Å². The molecule has 1 saturated carbocycles. The Balaban J connectivity index is 1.63. The Hall–Kier alpha value is -2.82. The molecule has 1 heterocycles. The van der Waals surface area contributed by atoms with Crippen molar-refractivity contribution in [2.24, 2.45) is 17.8 Å². The van der Waals surface area contributed by atoms with E-state index < -0.39 is 6.04 Å². The minimum atomic E-state index is -0.470. The lowest BCUT2D eigenvalue weighted by Crippen LogP contribution is -2.37. The molecule has 2 unspecified atom stereocenters. The predicted molar refractivity (Wildman–Crippen MR) is 163 cm³/mol. The van der Waals surface area contributed by atoms with Crippen molar-refractivity contribution in [2.45, 2.75) is 98.6 Å². The van der Waals surface area contributed by atoms with Crippen LogP contribution < -0.4 is 4.90 Å². The second-order valence-electron chi connectivity index (χ2n) is 12.0. The Morgan fingerprint density at radius 1 is 1.00 bits per heavy atom. The summed E-state index contributed by atoms with van der Waals surface area (Å²) in [5.41, 5.74) is 4.13. The van der Waals surface area contributed by atoms with Gasteiger partial charge >= 0.3 is 5.97 Å². The zero-order valence-corrected chi connectivity index (χ0v) is 25.0. The van der Waals surface area contributed by atoms with E-state index in [1.807, 2.05) is 25.1 Å². The van der Waals surface area contributed by atoms with Crippen molar-refractivity contribution in [1.82, 2.24) is 9.55 Å². The van der Waals surface area contributed by atoms with Gasteiger partial charge in [0, 0.05) is 24.3 Å². The van der Waals surface area contributed by atoms with Crippen LogP contribution in [-0.4, -0.2) is 34.7 Å². The van der Waals surface area contributed by atoms with Crippen LogP contribution in [0.3, 0.4) is 0 Å². The van der Waals surface area contributed by atoms with Crippen molar-refractivity contribution < 1.29 is 9.53 Å². The highest BCUT2D eigenvalue weighted by Gasteiger charge is 2.35. The van der Waals surface area contributed by atoms with Gasteiger partial charge < -0.3 is 14.2 Å². The summed E-state index contributed by atoms with van der Waals surface area (Å²) in [4.78, 5) is 21.2. The van der Waals surface area contributed by atoms with Crippen molar-refractivity contribution >= 4 is 22.7 Å². The molecule has 0 amide bonds. The van der Waals surface area contributed by atoms with E-state index in [1.54, 1.807) is 0 Å². The number of unbranched alkanes of at least 4 members (excludes halogenated alkanes) is 2. The lowest BCUT2D eigenvalue weighted by molar-refractivity contribution is -0.159. The topological polar surface area (TPSA) is 47.4 Å². The minimum Gasteiger partial charge on any atom is -0.461 e. The highest BCUT2D eigenvalue weighted by atomic mass is 16.5. The smallest absolute Gasteiger partial charge is 0.329 e. The molecule has 0 spiro atoms. The Bertz CT molecular complexity index is 1190. The molecule has 1 aromatic heterocycles. The number of imidazole rings is 1. The number of benzene rings is 2. The average Bonchev–Trinajstić information content (AvgIpc) is 3.32. The van der Waals surface area contributed by atoms with Crippen LogP contribution in [0.25, 0.3) is 22.4 Å². The fraction of sp³-hybridized carbons (Fsp3) is 0.588. The van der Waals surface area contributed by atoms with Gasteiger partial charge in [-0.15, -0.1) is 0 Å². The summed E-state index contributed by atoms with van der Waals surface area (Å²) in [6, 6.07) is 16.4. The molecule has 0 saturated heterocycles. The maximum atomic E-state index is 13.7. The van der Waals surface area contributed by atoms with Crippen LogP contribution in [0.4, 0.5) is 5.69 Å². The lowest BCUT2D eigenvalue weighted by Gasteiger charge is -2.37. The second kappa shape index (κ2) is 13.5. The molecule has 1 aliphatic carbocycles. The number of hydrogen-bond acceptors (Lipinski definition) is 4. The first-order chi connectivity index (χ1) is 18.8. The zero-order valence-electron chi connectivity index (χ0n) is 25.0. The van der Waals surface area contributed by atoms with Gasteiger partial charge in [0.25, 0.3) is 0 Å². The number of rotatable bonds is 12. The molecule has 5 nitrogen and oxygen atoms in total.